The highest BCUT2D eigenvalue weighted by Gasteiger charge is 2.54. The topological polar surface area (TPSA) is 132 Å². The summed E-state index contributed by atoms with van der Waals surface area (Å²) in [4.78, 5) is 0. The van der Waals surface area contributed by atoms with Crippen molar-refractivity contribution in [3.8, 4) is 0 Å². The molecule has 0 bridgehead atoms. The van der Waals surface area contributed by atoms with Crippen molar-refractivity contribution >= 4 is 0 Å². The van der Waals surface area contributed by atoms with Crippen LogP contribution in [0.25, 0.3) is 0 Å². The van der Waals surface area contributed by atoms with Crippen molar-refractivity contribution in [2.45, 2.75) is 56.7 Å². The molecule has 120 valence electrons. The molecule has 4 atom stereocenters. The first-order valence-electron chi connectivity index (χ1n) is 6.53. The molecule has 0 aromatic carbocycles. The summed E-state index contributed by atoms with van der Waals surface area (Å²) >= 11 is 0. The molecule has 0 spiro atoms. The number of aliphatic hydroxyl groups is 5. The van der Waals surface area contributed by atoms with E-state index in [-0.39, 0.29) is 12.1 Å². The maximum atomic E-state index is 9.74. The first-order valence-corrected chi connectivity index (χ1v) is 6.53. The Morgan fingerprint density at radius 2 is 1.85 bits per heavy atom. The summed E-state index contributed by atoms with van der Waals surface area (Å²) in [6, 6.07) is 0. The van der Waals surface area contributed by atoms with Crippen LogP contribution in [-0.4, -0.2) is 81.2 Å². The Morgan fingerprint density at radius 3 is 2.35 bits per heavy atom. The van der Waals surface area contributed by atoms with Crippen LogP contribution in [0.1, 0.15) is 20.8 Å². The fourth-order valence-corrected chi connectivity index (χ4v) is 1.84. The number of nitrogens with one attached hydrogen (secondary N) is 1. The highest BCUT2D eigenvalue weighted by Crippen LogP contribution is 2.28. The Balaban J connectivity index is 2.54. The summed E-state index contributed by atoms with van der Waals surface area (Å²) < 4.78 is 10.2. The quantitative estimate of drug-likeness (QED) is 0.242. The van der Waals surface area contributed by atoms with Crippen LogP contribution in [-0.2, 0) is 9.47 Å². The predicted octanol–water partition coefficient (Wildman–Crippen LogP) is -2.49. The average Bonchev–Trinajstić information content (AvgIpc) is 2.33. The molecule has 20 heavy (non-hydrogen) atoms. The lowest BCUT2D eigenvalue weighted by Crippen LogP contribution is -2.67. The zero-order chi connectivity index (χ0) is 15.6. The molecule has 1 rings (SSSR count). The van der Waals surface area contributed by atoms with Gasteiger partial charge in [0.05, 0.1) is 13.2 Å². The minimum Gasteiger partial charge on any atom is -0.394 e. The van der Waals surface area contributed by atoms with Crippen LogP contribution in [0.4, 0.5) is 0 Å². The third-order valence-corrected chi connectivity index (χ3v) is 2.99. The molecule has 1 aliphatic heterocycles. The molecule has 8 heteroatoms. The third-order valence-electron chi connectivity index (χ3n) is 2.99. The zero-order valence-corrected chi connectivity index (χ0v) is 12.0. The van der Waals surface area contributed by atoms with Crippen LogP contribution in [0.3, 0.4) is 0 Å². The van der Waals surface area contributed by atoms with E-state index < -0.39 is 37.0 Å². The fourth-order valence-electron chi connectivity index (χ4n) is 1.84. The van der Waals surface area contributed by atoms with E-state index in [1.807, 2.05) is 20.8 Å². The highest BCUT2D eigenvalue weighted by molar-refractivity contribution is 4.93. The molecule has 1 saturated heterocycles. The van der Waals surface area contributed by atoms with Gasteiger partial charge in [0.25, 0.3) is 0 Å². The van der Waals surface area contributed by atoms with Crippen LogP contribution in [0.5, 0.6) is 0 Å². The second-order valence-corrected chi connectivity index (χ2v) is 5.96. The van der Waals surface area contributed by atoms with E-state index in [2.05, 4.69) is 5.32 Å². The number of hydrogen-bond donors (Lipinski definition) is 6. The number of aliphatic hydroxyl groups excluding tert-OH is 3. The number of hydrogen-bond acceptors (Lipinski definition) is 8. The first kappa shape index (κ1) is 17.7. The van der Waals surface area contributed by atoms with Gasteiger partial charge >= 0.3 is 0 Å². The zero-order valence-electron chi connectivity index (χ0n) is 12.0. The van der Waals surface area contributed by atoms with Crippen LogP contribution in [0.15, 0.2) is 0 Å². The van der Waals surface area contributed by atoms with Crippen molar-refractivity contribution in [2.24, 2.45) is 0 Å². The standard InChI is InChI=1S/C12H25NO7/c1-11(2,3)13-4-5-19-10-12(17,18)9(16)8(15)7(6-14)20-10/h7-10,13-18H,4-6H2,1-3H3/t7?,8-,9-,10+/m0/s1. The van der Waals surface area contributed by atoms with Gasteiger partial charge < -0.3 is 40.3 Å². The molecule has 8 nitrogen and oxygen atoms in total. The third kappa shape index (κ3) is 4.34. The highest BCUT2D eigenvalue weighted by atomic mass is 16.7. The Kier molecular flexibility index (Phi) is 5.88. The Morgan fingerprint density at radius 1 is 1.25 bits per heavy atom. The lowest BCUT2D eigenvalue weighted by Gasteiger charge is -2.44. The van der Waals surface area contributed by atoms with Crippen molar-refractivity contribution in [1.82, 2.24) is 5.32 Å². The van der Waals surface area contributed by atoms with Gasteiger partial charge in [-0.05, 0) is 20.8 Å². The minimum absolute atomic E-state index is 0.103. The van der Waals surface area contributed by atoms with E-state index in [0.29, 0.717) is 6.54 Å². The molecule has 1 fully saturated rings. The molecule has 6 N–H and O–H groups in total. The maximum Gasteiger partial charge on any atom is 0.245 e. The van der Waals surface area contributed by atoms with Crippen LogP contribution >= 0.6 is 0 Å². The number of rotatable bonds is 5. The molecular formula is C12H25NO7. The average molecular weight is 295 g/mol. The Hall–Kier alpha value is -0.320. The van der Waals surface area contributed by atoms with E-state index in [1.54, 1.807) is 0 Å². The largest absolute Gasteiger partial charge is 0.394 e. The summed E-state index contributed by atoms with van der Waals surface area (Å²) in [6.07, 6.45) is -6.20. The monoisotopic (exact) mass is 295 g/mol. The lowest BCUT2D eigenvalue weighted by atomic mass is 9.96. The summed E-state index contributed by atoms with van der Waals surface area (Å²) in [5, 5.41) is 50.8. The van der Waals surface area contributed by atoms with Crippen molar-refractivity contribution in [3.63, 3.8) is 0 Å². The Bertz CT molecular complexity index is 305. The molecule has 0 amide bonds. The number of ether oxygens (including phenoxy) is 2. The predicted molar refractivity (Wildman–Crippen MR) is 68.6 cm³/mol. The lowest BCUT2D eigenvalue weighted by molar-refractivity contribution is -0.404. The summed E-state index contributed by atoms with van der Waals surface area (Å²) in [5.41, 5.74) is -0.115. The van der Waals surface area contributed by atoms with Gasteiger partial charge in [-0.2, -0.15) is 0 Å². The molecule has 1 aliphatic rings. The summed E-state index contributed by atoms with van der Waals surface area (Å²) in [5.74, 6) is -2.74. The van der Waals surface area contributed by atoms with Crippen molar-refractivity contribution in [2.75, 3.05) is 19.8 Å². The van der Waals surface area contributed by atoms with E-state index in [9.17, 15) is 20.4 Å². The molecule has 0 aromatic heterocycles. The van der Waals surface area contributed by atoms with Gasteiger partial charge in [0.2, 0.25) is 12.1 Å². The van der Waals surface area contributed by atoms with E-state index in [1.165, 1.54) is 0 Å². The van der Waals surface area contributed by atoms with Crippen molar-refractivity contribution < 1.29 is 35.0 Å². The molecule has 0 aromatic rings. The van der Waals surface area contributed by atoms with Gasteiger partial charge in [-0.3, -0.25) is 0 Å². The Labute approximate surface area is 117 Å². The van der Waals surface area contributed by atoms with E-state index >= 15 is 0 Å². The molecule has 0 radical (unpaired) electrons. The van der Waals surface area contributed by atoms with Crippen molar-refractivity contribution in [3.05, 3.63) is 0 Å². The SMILES string of the molecule is CC(C)(C)NCCO[C@@H]1OC(CO)[C@H](O)[C@H](O)C1(O)O. The second-order valence-electron chi connectivity index (χ2n) is 5.96. The normalized spacial score (nSPS) is 34.2. The van der Waals surface area contributed by atoms with Crippen LogP contribution < -0.4 is 5.32 Å². The van der Waals surface area contributed by atoms with Gasteiger partial charge in [0.15, 0.2) is 0 Å². The molecule has 1 unspecified atom stereocenters. The van der Waals surface area contributed by atoms with Gasteiger partial charge in [-0.25, -0.2) is 0 Å². The van der Waals surface area contributed by atoms with E-state index in [4.69, 9.17) is 14.6 Å². The molecule has 0 aliphatic carbocycles. The fraction of sp³-hybridized carbons (Fsp3) is 1.00. The smallest absolute Gasteiger partial charge is 0.245 e. The summed E-state index contributed by atoms with van der Waals surface area (Å²) in [6.45, 7) is 5.86. The van der Waals surface area contributed by atoms with Crippen LogP contribution in [0, 0.1) is 0 Å². The van der Waals surface area contributed by atoms with Gasteiger partial charge in [-0.1, -0.05) is 0 Å². The second kappa shape index (κ2) is 6.63. The maximum absolute atomic E-state index is 9.74. The minimum atomic E-state index is -2.74. The van der Waals surface area contributed by atoms with Gasteiger partial charge in [-0.15, -0.1) is 0 Å². The molecule has 0 saturated carbocycles. The first-order chi connectivity index (χ1) is 9.09. The van der Waals surface area contributed by atoms with Gasteiger partial charge in [0.1, 0.15) is 18.3 Å². The van der Waals surface area contributed by atoms with Gasteiger partial charge in [0, 0.05) is 12.1 Å². The van der Waals surface area contributed by atoms with Crippen molar-refractivity contribution in [1.29, 1.82) is 0 Å². The summed E-state index contributed by atoms with van der Waals surface area (Å²) in [7, 11) is 0. The molecular weight excluding hydrogens is 270 g/mol. The van der Waals surface area contributed by atoms with Crippen LogP contribution in [0.2, 0.25) is 0 Å². The molecule has 1 heterocycles. The van der Waals surface area contributed by atoms with E-state index in [0.717, 1.165) is 0 Å².